The molecule has 1 amide bonds. The first-order chi connectivity index (χ1) is 14.8. The molecule has 166 valence electrons. The average Bonchev–Trinajstić information content (AvgIpc) is 3.39. The third-order valence-corrected chi connectivity index (χ3v) is 6.42. The van der Waals surface area contributed by atoms with Crippen LogP contribution in [0.15, 0.2) is 54.6 Å². The number of nitrogens with zero attached hydrogens (tertiary/aromatic N) is 1. The van der Waals surface area contributed by atoms with E-state index in [1.165, 1.54) is 48.8 Å². The van der Waals surface area contributed by atoms with Crippen molar-refractivity contribution in [3.8, 4) is 0 Å². The molecule has 0 aliphatic carbocycles. The number of thiophene rings is 1. The molecule has 1 aromatic heterocycles. The number of aliphatic hydroxyl groups is 1. The van der Waals surface area contributed by atoms with E-state index >= 15 is 0 Å². The molecule has 3 rings (SSSR count). The lowest BCUT2D eigenvalue weighted by Gasteiger charge is -2.24. The van der Waals surface area contributed by atoms with Crippen LogP contribution in [0.4, 0.5) is 8.78 Å². The summed E-state index contributed by atoms with van der Waals surface area (Å²) in [6, 6.07) is 10.4. The van der Waals surface area contributed by atoms with E-state index in [-0.39, 0.29) is 23.5 Å². The zero-order valence-corrected chi connectivity index (χ0v) is 18.0. The Bertz CT molecular complexity index is 929. The number of carbonyl (C=O) groups is 2. The van der Waals surface area contributed by atoms with Crippen molar-refractivity contribution < 1.29 is 28.2 Å². The van der Waals surface area contributed by atoms with Gasteiger partial charge in [0.2, 0.25) is 5.91 Å². The second kappa shape index (κ2) is 10.2. The van der Waals surface area contributed by atoms with Gasteiger partial charge < -0.3 is 14.7 Å². The van der Waals surface area contributed by atoms with Crippen molar-refractivity contribution in [1.29, 1.82) is 0 Å². The van der Waals surface area contributed by atoms with Crippen LogP contribution in [0.2, 0.25) is 0 Å². The maximum absolute atomic E-state index is 14.5. The van der Waals surface area contributed by atoms with Gasteiger partial charge >= 0.3 is 11.9 Å². The second-order valence-electron chi connectivity index (χ2n) is 7.37. The van der Waals surface area contributed by atoms with Crippen LogP contribution in [0, 0.1) is 0 Å². The molecule has 2 heterocycles. The molecule has 0 bridgehead atoms. The molecule has 0 saturated carbocycles. The number of likely N-dealkylation sites (tertiary alicyclic amines) is 1. The van der Waals surface area contributed by atoms with Crippen molar-refractivity contribution in [2.45, 2.75) is 43.8 Å². The number of hydrogen-bond donors (Lipinski definition) is 1. The van der Waals surface area contributed by atoms with Gasteiger partial charge in [0.15, 0.2) is 0 Å². The summed E-state index contributed by atoms with van der Waals surface area (Å²) in [7, 11) is 1.33. The van der Waals surface area contributed by atoms with E-state index < -0.39 is 12.0 Å². The highest BCUT2D eigenvalue weighted by Crippen LogP contribution is 2.33. The van der Waals surface area contributed by atoms with E-state index in [1.807, 2.05) is 6.07 Å². The molecule has 1 saturated heterocycles. The van der Waals surface area contributed by atoms with Gasteiger partial charge in [-0.2, -0.15) is 8.78 Å². The van der Waals surface area contributed by atoms with Gasteiger partial charge in [-0.15, -0.1) is 11.3 Å². The predicted octanol–water partition coefficient (Wildman–Crippen LogP) is 4.17. The summed E-state index contributed by atoms with van der Waals surface area (Å²) in [5.41, 5.74) is -0.256. The fraction of sp³-hybridized carbons (Fsp3) is 0.391. The fourth-order valence-corrected chi connectivity index (χ4v) is 4.55. The average molecular weight is 450 g/mol. The Kier molecular flexibility index (Phi) is 7.56. The summed E-state index contributed by atoms with van der Waals surface area (Å²) in [4.78, 5) is 27.0. The van der Waals surface area contributed by atoms with Crippen molar-refractivity contribution in [1.82, 2.24) is 4.90 Å². The Morgan fingerprint density at radius 3 is 2.77 bits per heavy atom. The fourth-order valence-electron chi connectivity index (χ4n) is 3.58. The number of ether oxygens (including phenoxy) is 1. The molecular weight excluding hydrogens is 424 g/mol. The lowest BCUT2D eigenvalue weighted by Crippen LogP contribution is -2.34. The molecule has 2 atom stereocenters. The number of aliphatic hydroxyl groups excluding tert-OH is 1. The van der Waals surface area contributed by atoms with E-state index in [0.29, 0.717) is 37.1 Å². The molecule has 1 unspecified atom stereocenters. The maximum Gasteiger partial charge on any atom is 0.348 e. The van der Waals surface area contributed by atoms with E-state index in [1.54, 1.807) is 17.0 Å². The zero-order valence-electron chi connectivity index (χ0n) is 17.2. The standard InChI is InChI=1S/C23H25F2NO4S/c1-30-22(29)19-12-11-18(31-19)8-5-15-26-17(10-14-21(26)28)9-13-20(27)23(24,25)16-6-3-2-4-7-16/h2-4,6-7,9,11-13,17,20,27H,5,8,10,14-15H2,1H3/t17-,20?/m0/s1. The Morgan fingerprint density at radius 1 is 1.32 bits per heavy atom. The van der Waals surface area contributed by atoms with Crippen LogP contribution in [0.3, 0.4) is 0 Å². The van der Waals surface area contributed by atoms with Crippen molar-refractivity contribution >= 4 is 23.2 Å². The largest absolute Gasteiger partial charge is 0.465 e. The number of benzene rings is 1. The van der Waals surface area contributed by atoms with Gasteiger partial charge in [-0.05, 0) is 31.4 Å². The van der Waals surface area contributed by atoms with Gasteiger partial charge in [0.1, 0.15) is 11.0 Å². The molecular formula is C23H25F2NO4S. The summed E-state index contributed by atoms with van der Waals surface area (Å²) in [6.07, 6.45) is 2.88. The highest BCUT2D eigenvalue weighted by atomic mass is 32.1. The van der Waals surface area contributed by atoms with Crippen molar-refractivity contribution in [2.75, 3.05) is 13.7 Å². The number of hydrogen-bond acceptors (Lipinski definition) is 5. The molecule has 1 aliphatic heterocycles. The van der Waals surface area contributed by atoms with Gasteiger partial charge in [0.25, 0.3) is 0 Å². The summed E-state index contributed by atoms with van der Waals surface area (Å²) >= 11 is 1.36. The SMILES string of the molecule is COC(=O)c1ccc(CCCN2C(=O)CC[C@@H]2C=CC(O)C(F)(F)c2ccccc2)s1. The van der Waals surface area contributed by atoms with Crippen LogP contribution in [0.1, 0.15) is 39.4 Å². The minimum absolute atomic E-state index is 0.0274. The van der Waals surface area contributed by atoms with Crippen LogP contribution >= 0.6 is 11.3 Å². The topological polar surface area (TPSA) is 66.8 Å². The Balaban J connectivity index is 1.57. The quantitative estimate of drug-likeness (QED) is 0.461. The van der Waals surface area contributed by atoms with Gasteiger partial charge in [0.05, 0.1) is 13.2 Å². The molecule has 0 radical (unpaired) electrons. The lowest BCUT2D eigenvalue weighted by atomic mass is 10.0. The van der Waals surface area contributed by atoms with Crippen LogP contribution in [0.5, 0.6) is 0 Å². The molecule has 1 N–H and O–H groups in total. The van der Waals surface area contributed by atoms with Crippen LogP contribution < -0.4 is 0 Å². The van der Waals surface area contributed by atoms with Crippen molar-refractivity contribution in [3.05, 3.63) is 69.9 Å². The van der Waals surface area contributed by atoms with E-state index in [0.717, 1.165) is 11.0 Å². The lowest BCUT2D eigenvalue weighted by molar-refractivity contribution is -0.128. The smallest absolute Gasteiger partial charge is 0.348 e. The first-order valence-corrected chi connectivity index (χ1v) is 10.9. The van der Waals surface area contributed by atoms with Gasteiger partial charge in [-0.3, -0.25) is 4.79 Å². The van der Waals surface area contributed by atoms with E-state index in [4.69, 9.17) is 4.74 Å². The minimum Gasteiger partial charge on any atom is -0.465 e. The highest BCUT2D eigenvalue weighted by molar-refractivity contribution is 7.13. The van der Waals surface area contributed by atoms with Gasteiger partial charge in [-0.25, -0.2) is 4.79 Å². The van der Waals surface area contributed by atoms with E-state index in [2.05, 4.69) is 0 Å². The number of halogens is 2. The molecule has 1 aliphatic rings. The molecule has 0 spiro atoms. The number of methoxy groups -OCH3 is 1. The maximum atomic E-state index is 14.5. The molecule has 1 aromatic carbocycles. The zero-order chi connectivity index (χ0) is 22.4. The number of alkyl halides is 2. The van der Waals surface area contributed by atoms with Crippen LogP contribution in [-0.4, -0.2) is 47.7 Å². The van der Waals surface area contributed by atoms with Crippen LogP contribution in [-0.2, 0) is 21.9 Å². The monoisotopic (exact) mass is 449 g/mol. The second-order valence-corrected chi connectivity index (χ2v) is 8.54. The Hall–Kier alpha value is -2.58. The number of amides is 1. The predicted molar refractivity (Wildman–Crippen MR) is 114 cm³/mol. The van der Waals surface area contributed by atoms with Gasteiger partial charge in [-0.1, -0.05) is 42.5 Å². The van der Waals surface area contributed by atoms with E-state index in [9.17, 15) is 23.5 Å². The number of carbonyl (C=O) groups excluding carboxylic acids is 2. The number of rotatable bonds is 9. The highest BCUT2D eigenvalue weighted by Gasteiger charge is 2.39. The normalized spacial score (nSPS) is 18.0. The third-order valence-electron chi connectivity index (χ3n) is 5.29. The van der Waals surface area contributed by atoms with Crippen molar-refractivity contribution in [2.24, 2.45) is 0 Å². The number of aryl methyl sites for hydroxylation is 1. The minimum atomic E-state index is -3.41. The number of esters is 1. The first-order valence-electron chi connectivity index (χ1n) is 10.1. The molecule has 8 heteroatoms. The molecule has 5 nitrogen and oxygen atoms in total. The molecule has 2 aromatic rings. The Labute approximate surface area is 183 Å². The molecule has 31 heavy (non-hydrogen) atoms. The summed E-state index contributed by atoms with van der Waals surface area (Å²) in [6.45, 7) is 0.477. The van der Waals surface area contributed by atoms with Crippen LogP contribution in [0.25, 0.3) is 0 Å². The Morgan fingerprint density at radius 2 is 2.06 bits per heavy atom. The van der Waals surface area contributed by atoms with Gasteiger partial charge in [0, 0.05) is 23.4 Å². The van der Waals surface area contributed by atoms with Crippen molar-refractivity contribution in [3.63, 3.8) is 0 Å². The molecule has 1 fully saturated rings. The summed E-state index contributed by atoms with van der Waals surface area (Å²) in [5.74, 6) is -3.82. The summed E-state index contributed by atoms with van der Waals surface area (Å²) in [5, 5.41) is 10.1. The summed E-state index contributed by atoms with van der Waals surface area (Å²) < 4.78 is 33.6. The first kappa shape index (κ1) is 23.1. The third kappa shape index (κ3) is 5.57.